The molecule has 2 rings (SSSR count). The van der Waals surface area contributed by atoms with Crippen molar-refractivity contribution in [2.24, 2.45) is 5.92 Å². The van der Waals surface area contributed by atoms with Gasteiger partial charge in [0.15, 0.2) is 0 Å². The Labute approximate surface area is 111 Å². The minimum Gasteiger partial charge on any atom is -0.493 e. The van der Waals surface area contributed by atoms with Gasteiger partial charge in [0.25, 0.3) is 6.43 Å². The second kappa shape index (κ2) is 6.82. The first kappa shape index (κ1) is 14.2. The van der Waals surface area contributed by atoms with Gasteiger partial charge in [0, 0.05) is 24.1 Å². The van der Waals surface area contributed by atoms with E-state index >= 15 is 0 Å². The average Bonchev–Trinajstić information content (AvgIpc) is 2.40. The molecule has 19 heavy (non-hydrogen) atoms. The first-order chi connectivity index (χ1) is 9.18. The van der Waals surface area contributed by atoms with Crippen molar-refractivity contribution in [1.82, 2.24) is 5.32 Å². The zero-order valence-electron chi connectivity index (χ0n) is 10.9. The molecule has 1 N–H and O–H groups in total. The minimum absolute atomic E-state index is 0.181. The van der Waals surface area contributed by atoms with Crippen molar-refractivity contribution in [3.63, 3.8) is 0 Å². The van der Waals surface area contributed by atoms with E-state index in [0.717, 1.165) is 11.3 Å². The van der Waals surface area contributed by atoms with E-state index in [-0.39, 0.29) is 12.6 Å². The van der Waals surface area contributed by atoms with E-state index in [9.17, 15) is 8.78 Å². The first-order valence-corrected chi connectivity index (χ1v) is 6.49. The fourth-order valence-electron chi connectivity index (χ4n) is 2.26. The van der Waals surface area contributed by atoms with E-state index in [1.807, 2.05) is 24.3 Å². The molecule has 0 aliphatic carbocycles. The summed E-state index contributed by atoms with van der Waals surface area (Å²) in [7, 11) is 0. The summed E-state index contributed by atoms with van der Waals surface area (Å²) in [5, 5.41) is 3.35. The van der Waals surface area contributed by atoms with Gasteiger partial charge in [0.05, 0.1) is 13.2 Å². The van der Waals surface area contributed by atoms with Gasteiger partial charge in [-0.1, -0.05) is 25.1 Å². The molecule has 2 unspecified atom stereocenters. The lowest BCUT2D eigenvalue weighted by molar-refractivity contribution is 0.0173. The van der Waals surface area contributed by atoms with Crippen molar-refractivity contribution < 1.29 is 18.3 Å². The van der Waals surface area contributed by atoms with E-state index < -0.39 is 13.0 Å². The lowest BCUT2D eigenvalue weighted by Gasteiger charge is -2.32. The largest absolute Gasteiger partial charge is 0.493 e. The van der Waals surface area contributed by atoms with Crippen LogP contribution in [0.15, 0.2) is 24.3 Å². The fraction of sp³-hybridized carbons (Fsp3) is 0.571. The molecule has 5 heteroatoms. The molecule has 0 spiro atoms. The summed E-state index contributed by atoms with van der Waals surface area (Å²) in [6, 6.07) is 8.08. The Kier molecular flexibility index (Phi) is 5.10. The number of hydrogen-bond donors (Lipinski definition) is 1. The summed E-state index contributed by atoms with van der Waals surface area (Å²) in [4.78, 5) is 0. The Morgan fingerprint density at radius 3 is 3.00 bits per heavy atom. The summed E-state index contributed by atoms with van der Waals surface area (Å²) in [5.41, 5.74) is 1.12. The van der Waals surface area contributed by atoms with Crippen LogP contribution in [-0.4, -0.2) is 32.8 Å². The van der Waals surface area contributed by atoms with Crippen molar-refractivity contribution in [2.75, 3.05) is 26.4 Å². The highest BCUT2D eigenvalue weighted by Crippen LogP contribution is 2.34. The molecule has 0 fully saturated rings. The van der Waals surface area contributed by atoms with Crippen molar-refractivity contribution >= 4 is 0 Å². The van der Waals surface area contributed by atoms with Gasteiger partial charge in [0.1, 0.15) is 12.4 Å². The highest BCUT2D eigenvalue weighted by molar-refractivity contribution is 5.37. The molecule has 0 amide bonds. The SMILES string of the molecule is CC1COc2ccccc2C1NCCOCC(F)F. The number of benzene rings is 1. The number of alkyl halides is 2. The van der Waals surface area contributed by atoms with Gasteiger partial charge in [-0.15, -0.1) is 0 Å². The van der Waals surface area contributed by atoms with Crippen LogP contribution in [0.3, 0.4) is 0 Å². The van der Waals surface area contributed by atoms with Gasteiger partial charge >= 0.3 is 0 Å². The number of rotatable bonds is 6. The fourth-order valence-corrected chi connectivity index (χ4v) is 2.26. The van der Waals surface area contributed by atoms with Gasteiger partial charge in [0.2, 0.25) is 0 Å². The van der Waals surface area contributed by atoms with Crippen LogP contribution in [0, 0.1) is 5.92 Å². The summed E-state index contributed by atoms with van der Waals surface area (Å²) < 4.78 is 34.3. The quantitative estimate of drug-likeness (QED) is 0.807. The van der Waals surface area contributed by atoms with Crippen molar-refractivity contribution in [3.05, 3.63) is 29.8 Å². The van der Waals surface area contributed by atoms with Crippen molar-refractivity contribution in [1.29, 1.82) is 0 Å². The van der Waals surface area contributed by atoms with E-state index in [4.69, 9.17) is 9.47 Å². The molecule has 0 radical (unpaired) electrons. The number of hydrogen-bond acceptors (Lipinski definition) is 3. The molecule has 1 aromatic carbocycles. The predicted octanol–water partition coefficient (Wildman–Crippen LogP) is 2.63. The van der Waals surface area contributed by atoms with Crippen LogP contribution in [0.5, 0.6) is 5.75 Å². The maximum absolute atomic E-state index is 11.9. The third-order valence-corrected chi connectivity index (χ3v) is 3.18. The predicted molar refractivity (Wildman–Crippen MR) is 68.7 cm³/mol. The molecule has 2 atom stereocenters. The molecule has 0 saturated heterocycles. The zero-order valence-corrected chi connectivity index (χ0v) is 10.9. The number of nitrogens with one attached hydrogen (secondary N) is 1. The summed E-state index contributed by atoms with van der Waals surface area (Å²) in [6.45, 7) is 3.11. The van der Waals surface area contributed by atoms with Crippen LogP contribution >= 0.6 is 0 Å². The van der Waals surface area contributed by atoms with Crippen LogP contribution in [0.2, 0.25) is 0 Å². The van der Waals surface area contributed by atoms with Crippen LogP contribution in [0.1, 0.15) is 18.5 Å². The van der Waals surface area contributed by atoms with E-state index in [1.54, 1.807) is 0 Å². The molecule has 0 saturated carbocycles. The molecule has 3 nitrogen and oxygen atoms in total. The molecule has 106 valence electrons. The summed E-state index contributed by atoms with van der Waals surface area (Å²) >= 11 is 0. The maximum atomic E-state index is 11.9. The molecular formula is C14H19F2NO2. The third-order valence-electron chi connectivity index (χ3n) is 3.18. The van der Waals surface area contributed by atoms with Gasteiger partial charge in [-0.25, -0.2) is 8.78 Å². The standard InChI is InChI=1S/C14H19F2NO2/c1-10-8-19-12-5-3-2-4-11(12)14(10)17-6-7-18-9-13(15)16/h2-5,10,13-14,17H,6-9H2,1H3. The number of fused-ring (bicyclic) bond motifs is 1. The molecule has 1 aromatic rings. The lowest BCUT2D eigenvalue weighted by atomic mass is 9.92. The second-order valence-corrected chi connectivity index (χ2v) is 4.72. The first-order valence-electron chi connectivity index (χ1n) is 6.49. The molecule has 1 aliphatic rings. The number of ether oxygens (including phenoxy) is 2. The summed E-state index contributed by atoms with van der Waals surface area (Å²) in [6.07, 6.45) is -2.40. The average molecular weight is 271 g/mol. The van der Waals surface area contributed by atoms with Crippen LogP contribution in [-0.2, 0) is 4.74 Å². The van der Waals surface area contributed by atoms with Gasteiger partial charge in [-0.3, -0.25) is 0 Å². The van der Waals surface area contributed by atoms with E-state index in [2.05, 4.69) is 12.2 Å². The minimum atomic E-state index is -2.40. The molecule has 0 bridgehead atoms. The smallest absolute Gasteiger partial charge is 0.261 e. The highest BCUT2D eigenvalue weighted by Gasteiger charge is 2.26. The Morgan fingerprint density at radius 1 is 1.42 bits per heavy atom. The molecule has 0 aromatic heterocycles. The third kappa shape index (κ3) is 3.88. The van der Waals surface area contributed by atoms with Gasteiger partial charge in [-0.2, -0.15) is 0 Å². The lowest BCUT2D eigenvalue weighted by Crippen LogP contribution is -2.35. The Balaban J connectivity index is 1.85. The Hall–Kier alpha value is -1.20. The normalized spacial score (nSPS) is 22.1. The number of para-hydroxylation sites is 1. The number of halogens is 2. The van der Waals surface area contributed by atoms with Gasteiger partial charge < -0.3 is 14.8 Å². The maximum Gasteiger partial charge on any atom is 0.261 e. The molecule has 1 aliphatic heterocycles. The van der Waals surface area contributed by atoms with Crippen LogP contribution in [0.25, 0.3) is 0 Å². The van der Waals surface area contributed by atoms with Crippen LogP contribution in [0.4, 0.5) is 8.78 Å². The molecular weight excluding hydrogens is 252 g/mol. The van der Waals surface area contributed by atoms with E-state index in [1.165, 1.54) is 0 Å². The highest BCUT2D eigenvalue weighted by atomic mass is 19.3. The topological polar surface area (TPSA) is 30.5 Å². The Morgan fingerprint density at radius 2 is 2.21 bits per heavy atom. The van der Waals surface area contributed by atoms with Gasteiger partial charge in [-0.05, 0) is 6.07 Å². The monoisotopic (exact) mass is 271 g/mol. The van der Waals surface area contributed by atoms with Crippen molar-refractivity contribution in [2.45, 2.75) is 19.4 Å². The zero-order chi connectivity index (χ0) is 13.7. The summed E-state index contributed by atoms with van der Waals surface area (Å²) in [5.74, 6) is 1.23. The second-order valence-electron chi connectivity index (χ2n) is 4.72. The Bertz CT molecular complexity index is 401. The van der Waals surface area contributed by atoms with Crippen molar-refractivity contribution in [3.8, 4) is 5.75 Å². The molecule has 1 heterocycles. The van der Waals surface area contributed by atoms with E-state index in [0.29, 0.717) is 19.1 Å². The van der Waals surface area contributed by atoms with Crippen LogP contribution < -0.4 is 10.1 Å².